The molecule has 0 bridgehead atoms. The fourth-order valence-electron chi connectivity index (χ4n) is 2.03. The molecule has 1 atom stereocenters. The molecule has 0 saturated heterocycles. The Morgan fingerprint density at radius 1 is 1.11 bits per heavy atom. The van der Waals surface area contributed by atoms with Gasteiger partial charge in [0.05, 0.1) is 6.10 Å². The van der Waals surface area contributed by atoms with Gasteiger partial charge in [-0.25, -0.2) is 0 Å². The molecule has 0 aromatic heterocycles. The molecular weight excluding hydrogens is 324 g/mol. The Kier molecular flexibility index (Phi) is 4.67. The van der Waals surface area contributed by atoms with Crippen molar-refractivity contribution in [1.82, 2.24) is 0 Å². The molecule has 2 rings (SSSR count). The number of aliphatic hydroxyl groups excluding tert-OH is 1. The van der Waals surface area contributed by atoms with Gasteiger partial charge in [-0.15, -0.1) is 0 Å². The molecule has 0 aliphatic rings. The molecule has 0 radical (unpaired) electrons. The number of rotatable bonds is 3. The zero-order chi connectivity index (χ0) is 14.0. The molecule has 0 aliphatic carbocycles. The lowest BCUT2D eigenvalue weighted by atomic mass is 9.98. The quantitative estimate of drug-likeness (QED) is 0.834. The maximum Gasteiger partial charge on any atom is 0.0845 e. The standard InChI is InChI=1S/C16H16BrClO/c1-10-3-4-12(7-11(10)2)8-16(19)14-9-13(17)5-6-15(14)18/h3-7,9,16,19H,8H2,1-2H3. The maximum atomic E-state index is 10.3. The van der Waals surface area contributed by atoms with Crippen molar-refractivity contribution >= 4 is 27.5 Å². The van der Waals surface area contributed by atoms with Crippen LogP contribution < -0.4 is 0 Å². The fraction of sp³-hybridized carbons (Fsp3) is 0.250. The molecule has 1 unspecified atom stereocenters. The van der Waals surface area contributed by atoms with Crippen molar-refractivity contribution < 1.29 is 5.11 Å². The average Bonchev–Trinajstić information content (AvgIpc) is 2.36. The molecule has 2 aromatic carbocycles. The smallest absolute Gasteiger partial charge is 0.0845 e. The summed E-state index contributed by atoms with van der Waals surface area (Å²) < 4.78 is 0.922. The third kappa shape index (κ3) is 3.59. The predicted octanol–water partition coefficient (Wildman–Crippen LogP) is 5.00. The summed E-state index contributed by atoms with van der Waals surface area (Å²) in [7, 11) is 0. The predicted molar refractivity (Wildman–Crippen MR) is 83.7 cm³/mol. The van der Waals surface area contributed by atoms with Crippen LogP contribution in [-0.4, -0.2) is 5.11 Å². The van der Waals surface area contributed by atoms with E-state index in [-0.39, 0.29) is 0 Å². The van der Waals surface area contributed by atoms with Crippen molar-refractivity contribution in [1.29, 1.82) is 0 Å². The molecule has 0 fully saturated rings. The van der Waals surface area contributed by atoms with E-state index in [0.29, 0.717) is 11.4 Å². The maximum absolute atomic E-state index is 10.3. The zero-order valence-corrected chi connectivity index (χ0v) is 13.3. The van der Waals surface area contributed by atoms with Crippen LogP contribution in [0, 0.1) is 13.8 Å². The lowest BCUT2D eigenvalue weighted by Gasteiger charge is -2.14. The molecule has 0 spiro atoms. The highest BCUT2D eigenvalue weighted by molar-refractivity contribution is 9.10. The van der Waals surface area contributed by atoms with E-state index in [1.807, 2.05) is 12.1 Å². The first kappa shape index (κ1) is 14.6. The van der Waals surface area contributed by atoms with Gasteiger partial charge in [-0.1, -0.05) is 45.7 Å². The Hall–Kier alpha value is -0.830. The molecule has 0 amide bonds. The van der Waals surface area contributed by atoms with E-state index in [0.717, 1.165) is 15.6 Å². The van der Waals surface area contributed by atoms with Gasteiger partial charge in [-0.3, -0.25) is 0 Å². The summed E-state index contributed by atoms with van der Waals surface area (Å²) in [5, 5.41) is 10.9. The van der Waals surface area contributed by atoms with Crippen LogP contribution in [0.25, 0.3) is 0 Å². The normalized spacial score (nSPS) is 12.5. The van der Waals surface area contributed by atoms with Crippen molar-refractivity contribution in [2.75, 3.05) is 0 Å². The number of benzene rings is 2. The molecule has 1 N–H and O–H groups in total. The SMILES string of the molecule is Cc1ccc(CC(O)c2cc(Br)ccc2Cl)cc1C. The Morgan fingerprint density at radius 2 is 1.84 bits per heavy atom. The highest BCUT2D eigenvalue weighted by Gasteiger charge is 2.13. The molecule has 2 aromatic rings. The molecule has 19 heavy (non-hydrogen) atoms. The van der Waals surface area contributed by atoms with Crippen LogP contribution in [0.5, 0.6) is 0 Å². The van der Waals surface area contributed by atoms with Crippen LogP contribution in [0.3, 0.4) is 0 Å². The minimum atomic E-state index is -0.591. The molecule has 0 heterocycles. The van der Waals surface area contributed by atoms with E-state index in [1.54, 1.807) is 6.07 Å². The lowest BCUT2D eigenvalue weighted by Crippen LogP contribution is -2.03. The Bertz CT molecular complexity index is 595. The molecule has 100 valence electrons. The first-order valence-corrected chi connectivity index (χ1v) is 7.33. The van der Waals surface area contributed by atoms with Crippen molar-refractivity contribution in [3.8, 4) is 0 Å². The first-order chi connectivity index (χ1) is 8.97. The van der Waals surface area contributed by atoms with E-state index >= 15 is 0 Å². The van der Waals surface area contributed by atoms with E-state index in [1.165, 1.54) is 11.1 Å². The summed E-state index contributed by atoms with van der Waals surface area (Å²) in [6.45, 7) is 4.16. The van der Waals surface area contributed by atoms with Crippen LogP contribution in [0.1, 0.15) is 28.4 Å². The van der Waals surface area contributed by atoms with Gasteiger partial charge in [0.2, 0.25) is 0 Å². The molecule has 3 heteroatoms. The highest BCUT2D eigenvalue weighted by atomic mass is 79.9. The van der Waals surface area contributed by atoms with E-state index in [9.17, 15) is 5.11 Å². The van der Waals surface area contributed by atoms with Gasteiger partial charge in [0.25, 0.3) is 0 Å². The summed E-state index contributed by atoms with van der Waals surface area (Å²) in [4.78, 5) is 0. The second kappa shape index (κ2) is 6.08. The van der Waals surface area contributed by atoms with Crippen molar-refractivity contribution in [3.05, 3.63) is 68.1 Å². The number of hydrogen-bond donors (Lipinski definition) is 1. The summed E-state index contributed by atoms with van der Waals surface area (Å²) in [5.41, 5.74) is 4.38. The number of hydrogen-bond acceptors (Lipinski definition) is 1. The van der Waals surface area contributed by atoms with Gasteiger partial charge < -0.3 is 5.11 Å². The molecule has 0 saturated carbocycles. The Balaban J connectivity index is 2.22. The van der Waals surface area contributed by atoms with Gasteiger partial charge in [0, 0.05) is 21.5 Å². The van der Waals surface area contributed by atoms with Crippen molar-refractivity contribution in [3.63, 3.8) is 0 Å². The second-order valence-electron chi connectivity index (χ2n) is 4.80. The number of aryl methyl sites for hydroxylation is 2. The van der Waals surface area contributed by atoms with Gasteiger partial charge in [0.15, 0.2) is 0 Å². The van der Waals surface area contributed by atoms with Crippen LogP contribution in [0.15, 0.2) is 40.9 Å². The van der Waals surface area contributed by atoms with Gasteiger partial charge in [0.1, 0.15) is 0 Å². The third-order valence-electron chi connectivity index (χ3n) is 3.32. The highest BCUT2D eigenvalue weighted by Crippen LogP contribution is 2.29. The van der Waals surface area contributed by atoms with Gasteiger partial charge in [-0.05, 0) is 48.7 Å². The van der Waals surface area contributed by atoms with Crippen LogP contribution in [0.4, 0.5) is 0 Å². The minimum Gasteiger partial charge on any atom is -0.388 e. The van der Waals surface area contributed by atoms with Gasteiger partial charge in [-0.2, -0.15) is 0 Å². The van der Waals surface area contributed by atoms with Crippen molar-refractivity contribution in [2.45, 2.75) is 26.4 Å². The molecular formula is C16H16BrClO. The zero-order valence-electron chi connectivity index (χ0n) is 11.0. The van der Waals surface area contributed by atoms with E-state index in [4.69, 9.17) is 11.6 Å². The van der Waals surface area contributed by atoms with Crippen molar-refractivity contribution in [2.24, 2.45) is 0 Å². The van der Waals surface area contributed by atoms with Crippen LogP contribution in [0.2, 0.25) is 5.02 Å². The molecule has 1 nitrogen and oxygen atoms in total. The summed E-state index contributed by atoms with van der Waals surface area (Å²) in [5.74, 6) is 0. The van der Waals surface area contributed by atoms with E-state index < -0.39 is 6.10 Å². The third-order valence-corrected chi connectivity index (χ3v) is 4.15. The van der Waals surface area contributed by atoms with E-state index in [2.05, 4.69) is 48.0 Å². The summed E-state index contributed by atoms with van der Waals surface area (Å²) in [6.07, 6.45) is -0.0239. The fourth-order valence-corrected chi connectivity index (χ4v) is 2.66. The first-order valence-electron chi connectivity index (χ1n) is 6.16. The largest absolute Gasteiger partial charge is 0.388 e. The average molecular weight is 340 g/mol. The number of aliphatic hydroxyl groups is 1. The number of halogens is 2. The molecule has 0 aliphatic heterocycles. The Morgan fingerprint density at radius 3 is 2.53 bits per heavy atom. The summed E-state index contributed by atoms with van der Waals surface area (Å²) >= 11 is 9.53. The Labute approximate surface area is 127 Å². The van der Waals surface area contributed by atoms with Crippen LogP contribution >= 0.6 is 27.5 Å². The topological polar surface area (TPSA) is 20.2 Å². The second-order valence-corrected chi connectivity index (χ2v) is 6.13. The minimum absolute atomic E-state index is 0.567. The summed E-state index contributed by atoms with van der Waals surface area (Å²) in [6, 6.07) is 11.8. The monoisotopic (exact) mass is 338 g/mol. The van der Waals surface area contributed by atoms with Gasteiger partial charge >= 0.3 is 0 Å². The lowest BCUT2D eigenvalue weighted by molar-refractivity contribution is 0.178. The van der Waals surface area contributed by atoms with Crippen LogP contribution in [-0.2, 0) is 6.42 Å².